The molecule has 2 saturated carbocycles. The Morgan fingerprint density at radius 1 is 1.07 bits per heavy atom. The van der Waals surface area contributed by atoms with E-state index >= 15 is 0 Å². The molecule has 3 aliphatic rings. The van der Waals surface area contributed by atoms with Crippen molar-refractivity contribution in [2.45, 2.75) is 50.6 Å². The average Bonchev–Trinajstić information content (AvgIpc) is 2.64. The lowest BCUT2D eigenvalue weighted by Crippen LogP contribution is -2.58. The van der Waals surface area contributed by atoms with Gasteiger partial charge in [-0.1, -0.05) is 12.8 Å². The SMILES string of the molecule is NC(=O)[C@@H](NC(C1CCC1)C1CCC1)C(=O)Nc1ccc(N2CCOCC2=O)cc1. The normalized spacial score (nSPS) is 21.1. The fourth-order valence-corrected chi connectivity index (χ4v) is 4.46. The minimum absolute atomic E-state index is 0.0770. The van der Waals surface area contributed by atoms with Crippen molar-refractivity contribution in [3.8, 4) is 0 Å². The molecule has 1 saturated heterocycles. The fraction of sp³-hybridized carbons (Fsp3) is 0.591. The summed E-state index contributed by atoms with van der Waals surface area (Å²) >= 11 is 0. The Morgan fingerprint density at radius 2 is 1.70 bits per heavy atom. The third-order valence-corrected chi connectivity index (χ3v) is 6.65. The van der Waals surface area contributed by atoms with Crippen molar-refractivity contribution >= 4 is 29.1 Å². The minimum atomic E-state index is -1.06. The summed E-state index contributed by atoms with van der Waals surface area (Å²) in [6.07, 6.45) is 6.99. The average molecular weight is 415 g/mol. The number of anilines is 2. The van der Waals surface area contributed by atoms with Crippen LogP contribution in [0.25, 0.3) is 0 Å². The topological polar surface area (TPSA) is 114 Å². The van der Waals surface area contributed by atoms with E-state index in [0.29, 0.717) is 30.7 Å². The lowest BCUT2D eigenvalue weighted by atomic mass is 9.68. The highest BCUT2D eigenvalue weighted by atomic mass is 16.5. The van der Waals surface area contributed by atoms with Crippen LogP contribution in [0.2, 0.25) is 0 Å². The smallest absolute Gasteiger partial charge is 0.253 e. The first-order valence-corrected chi connectivity index (χ1v) is 10.9. The van der Waals surface area contributed by atoms with Crippen molar-refractivity contribution in [2.24, 2.45) is 17.6 Å². The second-order valence-electron chi connectivity index (χ2n) is 8.54. The molecule has 1 aliphatic heterocycles. The lowest BCUT2D eigenvalue weighted by molar-refractivity contribution is -0.129. The first-order valence-electron chi connectivity index (χ1n) is 10.9. The van der Waals surface area contributed by atoms with Crippen LogP contribution in [0.15, 0.2) is 24.3 Å². The van der Waals surface area contributed by atoms with Crippen molar-refractivity contribution in [3.05, 3.63) is 24.3 Å². The number of amides is 3. The molecular weight excluding hydrogens is 384 g/mol. The monoisotopic (exact) mass is 414 g/mol. The van der Waals surface area contributed by atoms with E-state index in [4.69, 9.17) is 10.5 Å². The van der Waals surface area contributed by atoms with Crippen LogP contribution in [-0.4, -0.2) is 49.6 Å². The molecule has 30 heavy (non-hydrogen) atoms. The molecule has 4 rings (SSSR count). The maximum atomic E-state index is 12.8. The molecule has 2 aliphatic carbocycles. The first kappa shape index (κ1) is 20.8. The van der Waals surface area contributed by atoms with Gasteiger partial charge >= 0.3 is 0 Å². The van der Waals surface area contributed by atoms with Crippen LogP contribution in [0.4, 0.5) is 11.4 Å². The number of nitrogens with two attached hydrogens (primary N) is 1. The predicted octanol–water partition coefficient (Wildman–Crippen LogP) is 1.40. The molecule has 8 nitrogen and oxygen atoms in total. The zero-order chi connectivity index (χ0) is 21.1. The Kier molecular flexibility index (Phi) is 6.34. The molecule has 3 fully saturated rings. The Labute approximate surface area is 176 Å². The predicted molar refractivity (Wildman–Crippen MR) is 113 cm³/mol. The zero-order valence-electron chi connectivity index (χ0n) is 17.1. The molecule has 0 spiro atoms. The van der Waals surface area contributed by atoms with Crippen LogP contribution in [-0.2, 0) is 19.1 Å². The number of carbonyl (C=O) groups is 3. The molecular formula is C22H30N4O4. The van der Waals surface area contributed by atoms with E-state index in [1.165, 1.54) is 12.8 Å². The molecule has 1 aromatic rings. The number of nitrogens with zero attached hydrogens (tertiary/aromatic N) is 1. The summed E-state index contributed by atoms with van der Waals surface area (Å²) in [4.78, 5) is 38.5. The van der Waals surface area contributed by atoms with Crippen molar-refractivity contribution in [3.63, 3.8) is 0 Å². The van der Waals surface area contributed by atoms with Gasteiger partial charge in [-0.25, -0.2) is 0 Å². The van der Waals surface area contributed by atoms with E-state index in [-0.39, 0.29) is 18.6 Å². The van der Waals surface area contributed by atoms with Crippen LogP contribution in [0.3, 0.4) is 0 Å². The Hall–Kier alpha value is -2.45. The molecule has 8 heteroatoms. The summed E-state index contributed by atoms with van der Waals surface area (Å²) in [6.45, 7) is 1.08. The van der Waals surface area contributed by atoms with Crippen molar-refractivity contribution in [1.29, 1.82) is 0 Å². The van der Waals surface area contributed by atoms with Crippen LogP contribution in [0, 0.1) is 11.8 Å². The van der Waals surface area contributed by atoms with Gasteiger partial charge < -0.3 is 20.7 Å². The number of morpholine rings is 1. The number of benzene rings is 1. The highest BCUT2D eigenvalue weighted by Gasteiger charge is 2.39. The van der Waals surface area contributed by atoms with Gasteiger partial charge in [0.25, 0.3) is 11.8 Å². The first-order chi connectivity index (χ1) is 14.5. The largest absolute Gasteiger partial charge is 0.370 e. The van der Waals surface area contributed by atoms with Crippen LogP contribution < -0.4 is 21.3 Å². The van der Waals surface area contributed by atoms with Gasteiger partial charge in [-0.2, -0.15) is 0 Å². The number of carbonyl (C=O) groups excluding carboxylic acids is 3. The zero-order valence-corrected chi connectivity index (χ0v) is 17.1. The summed E-state index contributed by atoms with van der Waals surface area (Å²) in [5.41, 5.74) is 6.89. The molecule has 3 amide bonds. The van der Waals surface area contributed by atoms with E-state index in [1.54, 1.807) is 29.2 Å². The Bertz CT molecular complexity index is 775. The maximum Gasteiger partial charge on any atom is 0.253 e. The van der Waals surface area contributed by atoms with Crippen LogP contribution in [0.5, 0.6) is 0 Å². The van der Waals surface area contributed by atoms with E-state index < -0.39 is 17.9 Å². The molecule has 1 aromatic carbocycles. The number of hydrogen-bond donors (Lipinski definition) is 3. The summed E-state index contributed by atoms with van der Waals surface area (Å²) in [5, 5.41) is 6.08. The van der Waals surface area contributed by atoms with Crippen molar-refractivity contribution in [1.82, 2.24) is 5.32 Å². The quantitative estimate of drug-likeness (QED) is 0.557. The molecule has 162 valence electrons. The maximum absolute atomic E-state index is 12.8. The van der Waals surface area contributed by atoms with E-state index in [2.05, 4.69) is 10.6 Å². The molecule has 0 aromatic heterocycles. The van der Waals surface area contributed by atoms with Crippen molar-refractivity contribution in [2.75, 3.05) is 30.0 Å². The van der Waals surface area contributed by atoms with E-state index in [9.17, 15) is 14.4 Å². The highest BCUT2D eigenvalue weighted by molar-refractivity contribution is 6.09. The fourth-order valence-electron chi connectivity index (χ4n) is 4.46. The molecule has 4 N–H and O–H groups in total. The van der Waals surface area contributed by atoms with Gasteiger partial charge in [-0.05, 0) is 61.8 Å². The van der Waals surface area contributed by atoms with E-state index in [0.717, 1.165) is 31.4 Å². The summed E-state index contributed by atoms with van der Waals surface area (Å²) < 4.78 is 5.15. The number of primary amides is 1. The second kappa shape index (κ2) is 9.14. The van der Waals surface area contributed by atoms with Gasteiger partial charge in [-0.15, -0.1) is 0 Å². The standard InChI is InChI=1S/C22H30N4O4/c23-21(28)20(25-19(14-3-1-4-14)15-5-2-6-15)22(29)24-16-7-9-17(10-8-16)26-11-12-30-13-18(26)27/h7-10,14-15,19-20,25H,1-6,11-13H2,(H2,23,28)(H,24,29)/t20-/m1/s1. The third-order valence-electron chi connectivity index (χ3n) is 6.65. The number of rotatable bonds is 8. The molecule has 0 bridgehead atoms. The van der Waals surface area contributed by atoms with E-state index in [1.807, 2.05) is 0 Å². The summed E-state index contributed by atoms with van der Waals surface area (Å²) in [7, 11) is 0. The van der Waals surface area contributed by atoms with Crippen LogP contribution >= 0.6 is 0 Å². The summed E-state index contributed by atoms with van der Waals surface area (Å²) in [5.74, 6) is -0.146. The Morgan fingerprint density at radius 3 is 2.20 bits per heavy atom. The molecule has 1 atom stereocenters. The molecule has 0 unspecified atom stereocenters. The highest BCUT2D eigenvalue weighted by Crippen LogP contribution is 2.40. The Balaban J connectivity index is 1.40. The molecule has 1 heterocycles. The van der Waals surface area contributed by atoms with Gasteiger partial charge in [0, 0.05) is 24.0 Å². The van der Waals surface area contributed by atoms with Gasteiger partial charge in [0.1, 0.15) is 6.61 Å². The van der Waals surface area contributed by atoms with Gasteiger partial charge in [-0.3, -0.25) is 19.7 Å². The van der Waals surface area contributed by atoms with Crippen LogP contribution in [0.1, 0.15) is 38.5 Å². The molecule has 0 radical (unpaired) electrons. The van der Waals surface area contributed by atoms with Crippen molar-refractivity contribution < 1.29 is 19.1 Å². The second-order valence-corrected chi connectivity index (χ2v) is 8.54. The third kappa shape index (κ3) is 4.49. The van der Waals surface area contributed by atoms with Gasteiger partial charge in [0.05, 0.1) is 6.61 Å². The lowest BCUT2D eigenvalue weighted by Gasteiger charge is -2.44. The van der Waals surface area contributed by atoms with Gasteiger partial charge in [0.2, 0.25) is 5.91 Å². The minimum Gasteiger partial charge on any atom is -0.370 e. The number of ether oxygens (including phenoxy) is 1. The number of hydrogen-bond acceptors (Lipinski definition) is 5. The van der Waals surface area contributed by atoms with Gasteiger partial charge in [0.15, 0.2) is 6.04 Å². The summed E-state index contributed by atoms with van der Waals surface area (Å²) in [6, 6.07) is 6.11. The number of nitrogens with one attached hydrogen (secondary N) is 2.